The van der Waals surface area contributed by atoms with Crippen molar-refractivity contribution < 1.29 is 4.42 Å². The van der Waals surface area contributed by atoms with Gasteiger partial charge in [0.25, 0.3) is 0 Å². The Morgan fingerprint density at radius 1 is 0.302 bits per heavy atom. The first-order valence-corrected chi connectivity index (χ1v) is 18.8. The molecule has 0 fully saturated rings. The number of para-hydroxylation sites is 1. The number of fused-ring (bicyclic) bond motifs is 5. The number of aryl methyl sites for hydroxylation is 4. The smallest absolute Gasteiger partial charge is 0.135 e. The highest BCUT2D eigenvalue weighted by atomic mass is 16.3. The van der Waals surface area contributed by atoms with Crippen LogP contribution >= 0.6 is 0 Å². The average Bonchev–Trinajstić information content (AvgIpc) is 3.58. The third-order valence-corrected chi connectivity index (χ3v) is 12.5. The molecule has 0 spiro atoms. The summed E-state index contributed by atoms with van der Waals surface area (Å²) in [5, 5.41) is 7.76. The van der Waals surface area contributed by atoms with Crippen molar-refractivity contribution in [3.8, 4) is 44.5 Å². The second-order valence-electron chi connectivity index (χ2n) is 15.0. The van der Waals surface area contributed by atoms with Crippen molar-refractivity contribution >= 4 is 43.5 Å². The summed E-state index contributed by atoms with van der Waals surface area (Å²) in [4.78, 5) is 0. The van der Waals surface area contributed by atoms with E-state index in [1.54, 1.807) is 0 Å². The highest BCUT2D eigenvalue weighted by Gasteiger charge is 2.26. The van der Waals surface area contributed by atoms with Crippen LogP contribution in [-0.2, 0) is 0 Å². The molecule has 8 aromatic carbocycles. The lowest BCUT2D eigenvalue weighted by Gasteiger charge is -2.28. The van der Waals surface area contributed by atoms with Gasteiger partial charge in [-0.2, -0.15) is 0 Å². The molecule has 1 nitrogen and oxygen atoms in total. The van der Waals surface area contributed by atoms with Crippen molar-refractivity contribution in [1.82, 2.24) is 0 Å². The van der Waals surface area contributed by atoms with Gasteiger partial charge in [-0.1, -0.05) is 103 Å². The lowest BCUT2D eigenvalue weighted by atomic mass is 9.76. The molecule has 0 aliphatic heterocycles. The van der Waals surface area contributed by atoms with Gasteiger partial charge in [0.2, 0.25) is 0 Å². The van der Waals surface area contributed by atoms with E-state index in [4.69, 9.17) is 4.42 Å². The highest BCUT2D eigenvalue weighted by molar-refractivity contribution is 6.26. The maximum absolute atomic E-state index is 6.15. The summed E-state index contributed by atoms with van der Waals surface area (Å²) in [7, 11) is 0. The largest absolute Gasteiger partial charge is 0.456 e. The predicted molar refractivity (Wildman–Crippen MR) is 228 cm³/mol. The van der Waals surface area contributed by atoms with E-state index < -0.39 is 0 Å². The van der Waals surface area contributed by atoms with Crippen molar-refractivity contribution in [1.29, 1.82) is 0 Å². The van der Waals surface area contributed by atoms with Gasteiger partial charge in [0.1, 0.15) is 11.2 Å². The standard InChI is InChI=1S/C52H44O/c1-29-31(3)35(7)49-47(33(29)5)51(39-24-22-37(23-25-39)40-26-27-46-44(28-40)42-19-14-15-21-45(42)53-46)48-34(6)30(2)32(4)36(8)50(48)52(49)43-20-13-12-18-41(43)38-16-10-9-11-17-38/h9-28H,1-8H3. The molecule has 0 aliphatic rings. The van der Waals surface area contributed by atoms with Crippen molar-refractivity contribution in [2.45, 2.75) is 55.4 Å². The van der Waals surface area contributed by atoms with E-state index >= 15 is 0 Å². The Balaban J connectivity index is 1.39. The molecule has 258 valence electrons. The van der Waals surface area contributed by atoms with Crippen LogP contribution < -0.4 is 0 Å². The summed E-state index contributed by atoms with van der Waals surface area (Å²) in [5.41, 5.74) is 22.9. The van der Waals surface area contributed by atoms with Crippen LogP contribution in [0.25, 0.3) is 88.0 Å². The van der Waals surface area contributed by atoms with Gasteiger partial charge in [0.15, 0.2) is 0 Å². The van der Waals surface area contributed by atoms with Crippen LogP contribution in [-0.4, -0.2) is 0 Å². The Morgan fingerprint density at radius 3 is 1.36 bits per heavy atom. The van der Waals surface area contributed by atoms with Gasteiger partial charge in [-0.05, 0) is 184 Å². The SMILES string of the molecule is Cc1c(C)c(C)c2c(-c3ccccc3-c3ccccc3)c3c(C)c(C)c(C)c(C)c3c(-c3ccc(-c4ccc5oc6ccccc6c5c4)cc3)c2c1C. The maximum Gasteiger partial charge on any atom is 0.135 e. The fourth-order valence-electron chi connectivity index (χ4n) is 8.99. The van der Waals surface area contributed by atoms with Gasteiger partial charge >= 0.3 is 0 Å². The number of furan rings is 1. The van der Waals surface area contributed by atoms with E-state index in [-0.39, 0.29) is 0 Å². The predicted octanol–water partition coefficient (Wildman–Crippen LogP) is 15.0. The van der Waals surface area contributed by atoms with Crippen molar-refractivity contribution in [2.24, 2.45) is 0 Å². The molecule has 1 heteroatoms. The Kier molecular flexibility index (Phi) is 7.68. The number of benzene rings is 8. The first-order valence-electron chi connectivity index (χ1n) is 18.8. The van der Waals surface area contributed by atoms with E-state index in [1.807, 2.05) is 12.1 Å². The van der Waals surface area contributed by atoms with E-state index in [9.17, 15) is 0 Å². The first-order chi connectivity index (χ1) is 25.7. The van der Waals surface area contributed by atoms with Gasteiger partial charge in [0, 0.05) is 10.8 Å². The zero-order chi connectivity index (χ0) is 36.7. The zero-order valence-electron chi connectivity index (χ0n) is 32.0. The lowest BCUT2D eigenvalue weighted by molar-refractivity contribution is 0.669. The monoisotopic (exact) mass is 684 g/mol. The number of hydrogen-bond donors (Lipinski definition) is 0. The Bertz CT molecular complexity index is 2860. The van der Waals surface area contributed by atoms with Crippen LogP contribution in [0.5, 0.6) is 0 Å². The fraction of sp³-hybridized carbons (Fsp3) is 0.154. The molecule has 0 saturated heterocycles. The minimum atomic E-state index is 0.923. The molecule has 0 N–H and O–H groups in total. The third kappa shape index (κ3) is 4.91. The van der Waals surface area contributed by atoms with E-state index in [2.05, 4.69) is 165 Å². The molecule has 9 aromatic rings. The second kappa shape index (κ2) is 12.3. The molecule has 1 heterocycles. The van der Waals surface area contributed by atoms with Crippen LogP contribution in [0.3, 0.4) is 0 Å². The van der Waals surface area contributed by atoms with Gasteiger partial charge < -0.3 is 4.42 Å². The maximum atomic E-state index is 6.15. The van der Waals surface area contributed by atoms with E-state index in [0.29, 0.717) is 0 Å². The average molecular weight is 685 g/mol. The van der Waals surface area contributed by atoms with Crippen LogP contribution in [0.1, 0.15) is 44.5 Å². The van der Waals surface area contributed by atoms with E-state index in [1.165, 1.54) is 111 Å². The number of rotatable bonds is 4. The second-order valence-corrected chi connectivity index (χ2v) is 15.0. The van der Waals surface area contributed by atoms with Gasteiger partial charge in [-0.15, -0.1) is 0 Å². The van der Waals surface area contributed by atoms with Crippen LogP contribution in [0.2, 0.25) is 0 Å². The minimum absolute atomic E-state index is 0.923. The Labute approximate surface area is 312 Å². The third-order valence-electron chi connectivity index (χ3n) is 12.5. The first kappa shape index (κ1) is 33.0. The molecule has 1 aromatic heterocycles. The van der Waals surface area contributed by atoms with Crippen LogP contribution in [0, 0.1) is 55.4 Å². The normalized spacial score (nSPS) is 11.8. The lowest BCUT2D eigenvalue weighted by Crippen LogP contribution is -2.04. The summed E-state index contributed by atoms with van der Waals surface area (Å²) in [5.74, 6) is 0. The quantitative estimate of drug-likeness (QED) is 0.168. The molecule has 0 saturated carbocycles. The molecule has 0 unspecified atom stereocenters. The zero-order valence-corrected chi connectivity index (χ0v) is 32.0. The Morgan fingerprint density at radius 2 is 0.755 bits per heavy atom. The van der Waals surface area contributed by atoms with Crippen LogP contribution in [0.4, 0.5) is 0 Å². The molecule has 0 amide bonds. The van der Waals surface area contributed by atoms with Crippen molar-refractivity contribution in [3.63, 3.8) is 0 Å². The molecule has 0 aliphatic carbocycles. The van der Waals surface area contributed by atoms with Gasteiger partial charge in [-0.25, -0.2) is 0 Å². The van der Waals surface area contributed by atoms with Crippen molar-refractivity contribution in [2.75, 3.05) is 0 Å². The highest BCUT2D eigenvalue weighted by Crippen LogP contribution is 2.52. The molecular formula is C52H44O. The summed E-state index contributed by atoms with van der Waals surface area (Å²) >= 11 is 0. The summed E-state index contributed by atoms with van der Waals surface area (Å²) in [6.45, 7) is 18.6. The fourth-order valence-corrected chi connectivity index (χ4v) is 8.99. The summed E-state index contributed by atoms with van der Waals surface area (Å²) < 4.78 is 6.15. The van der Waals surface area contributed by atoms with Crippen LogP contribution in [0.15, 0.2) is 126 Å². The van der Waals surface area contributed by atoms with Crippen molar-refractivity contribution in [3.05, 3.63) is 166 Å². The molecule has 0 bridgehead atoms. The topological polar surface area (TPSA) is 13.1 Å². The molecule has 53 heavy (non-hydrogen) atoms. The van der Waals surface area contributed by atoms with E-state index in [0.717, 1.165) is 21.9 Å². The molecule has 0 atom stereocenters. The molecular weight excluding hydrogens is 641 g/mol. The molecule has 0 radical (unpaired) electrons. The number of hydrogen-bond acceptors (Lipinski definition) is 1. The summed E-state index contributed by atoms with van der Waals surface area (Å²) in [6, 6.07) is 44.1. The van der Waals surface area contributed by atoms with Gasteiger partial charge in [-0.3, -0.25) is 0 Å². The molecule has 9 rings (SSSR count). The van der Waals surface area contributed by atoms with Gasteiger partial charge in [0.05, 0.1) is 0 Å². The Hall–Kier alpha value is -5.92. The minimum Gasteiger partial charge on any atom is -0.456 e. The summed E-state index contributed by atoms with van der Waals surface area (Å²) in [6.07, 6.45) is 0.